The molecule has 0 spiro atoms. The molecule has 1 amide bonds. The van der Waals surface area contributed by atoms with Crippen molar-refractivity contribution in [2.24, 2.45) is 16.7 Å². The van der Waals surface area contributed by atoms with E-state index in [0.29, 0.717) is 12.3 Å². The molecule has 0 aromatic carbocycles. The molecule has 0 saturated heterocycles. The molecule has 4 fully saturated rings. The van der Waals surface area contributed by atoms with Crippen molar-refractivity contribution in [3.63, 3.8) is 0 Å². The first kappa shape index (κ1) is 12.9. The largest absolute Gasteiger partial charge is 0.481 e. The van der Waals surface area contributed by atoms with Crippen molar-refractivity contribution in [3.8, 4) is 0 Å². The number of nitrogens with one attached hydrogen (secondary N) is 1. The van der Waals surface area contributed by atoms with Crippen LogP contribution in [0, 0.1) is 16.7 Å². The number of hydrogen-bond donors (Lipinski definition) is 2. The Labute approximate surface area is 113 Å². The highest BCUT2D eigenvalue weighted by atomic mass is 16.4. The van der Waals surface area contributed by atoms with Crippen LogP contribution in [0.4, 0.5) is 0 Å². The van der Waals surface area contributed by atoms with Crippen LogP contribution in [-0.2, 0) is 9.59 Å². The molecule has 19 heavy (non-hydrogen) atoms. The average Bonchev–Trinajstić information content (AvgIpc) is 2.25. The fourth-order valence-corrected chi connectivity index (χ4v) is 5.78. The third-order valence-corrected chi connectivity index (χ3v) is 5.83. The van der Waals surface area contributed by atoms with Gasteiger partial charge in [0.15, 0.2) is 0 Å². The van der Waals surface area contributed by atoms with E-state index in [9.17, 15) is 14.7 Å². The van der Waals surface area contributed by atoms with Crippen molar-refractivity contribution in [1.29, 1.82) is 0 Å². The van der Waals surface area contributed by atoms with Crippen molar-refractivity contribution in [2.75, 3.05) is 0 Å². The first-order valence-electron chi connectivity index (χ1n) is 7.35. The van der Waals surface area contributed by atoms with E-state index >= 15 is 0 Å². The number of carbonyl (C=O) groups is 2. The lowest BCUT2D eigenvalue weighted by atomic mass is 9.41. The highest BCUT2D eigenvalue weighted by Gasteiger charge is 2.65. The lowest BCUT2D eigenvalue weighted by Gasteiger charge is -2.65. The van der Waals surface area contributed by atoms with Crippen LogP contribution in [0.3, 0.4) is 0 Å². The van der Waals surface area contributed by atoms with Crippen molar-refractivity contribution in [1.82, 2.24) is 5.32 Å². The summed E-state index contributed by atoms with van der Waals surface area (Å²) in [4.78, 5) is 23.4. The van der Waals surface area contributed by atoms with Gasteiger partial charge in [0.2, 0.25) is 5.91 Å². The van der Waals surface area contributed by atoms with Crippen LogP contribution in [0.25, 0.3) is 0 Å². The lowest BCUT2D eigenvalue weighted by molar-refractivity contribution is -0.182. The number of aliphatic carboxylic acids is 1. The quantitative estimate of drug-likeness (QED) is 0.823. The van der Waals surface area contributed by atoms with Crippen LogP contribution in [0.2, 0.25) is 0 Å². The lowest BCUT2D eigenvalue weighted by Crippen LogP contribution is -2.67. The summed E-state index contributed by atoms with van der Waals surface area (Å²) in [7, 11) is 0. The van der Waals surface area contributed by atoms with Crippen molar-refractivity contribution in [3.05, 3.63) is 0 Å². The normalized spacial score (nSPS) is 47.2. The molecule has 4 heteroatoms. The highest BCUT2D eigenvalue weighted by Crippen LogP contribution is 2.67. The number of amides is 1. The average molecular weight is 265 g/mol. The van der Waals surface area contributed by atoms with E-state index in [2.05, 4.69) is 12.2 Å². The predicted molar refractivity (Wildman–Crippen MR) is 70.5 cm³/mol. The molecule has 0 unspecified atom stereocenters. The Morgan fingerprint density at radius 3 is 2.53 bits per heavy atom. The Balaban J connectivity index is 2.01. The van der Waals surface area contributed by atoms with E-state index in [1.54, 1.807) is 6.92 Å². The van der Waals surface area contributed by atoms with Gasteiger partial charge in [-0.2, -0.15) is 0 Å². The Morgan fingerprint density at radius 2 is 1.95 bits per heavy atom. The van der Waals surface area contributed by atoms with Crippen molar-refractivity contribution in [2.45, 2.75) is 64.3 Å². The Kier molecular flexibility index (Phi) is 2.55. The molecular weight excluding hydrogens is 242 g/mol. The molecule has 4 aliphatic carbocycles. The summed E-state index contributed by atoms with van der Waals surface area (Å²) in [5.41, 5.74) is -0.697. The van der Waals surface area contributed by atoms with E-state index in [0.717, 1.165) is 38.5 Å². The first-order valence-corrected chi connectivity index (χ1v) is 7.35. The van der Waals surface area contributed by atoms with Crippen LogP contribution in [0.5, 0.6) is 0 Å². The van der Waals surface area contributed by atoms with Crippen LogP contribution in [0.15, 0.2) is 0 Å². The van der Waals surface area contributed by atoms with Crippen LogP contribution in [0.1, 0.15) is 58.8 Å². The minimum Gasteiger partial charge on any atom is -0.481 e. The molecule has 4 saturated carbocycles. The minimum absolute atomic E-state index is 0.0197. The third-order valence-electron chi connectivity index (χ3n) is 5.83. The zero-order chi connectivity index (χ0) is 13.9. The molecule has 0 aromatic heterocycles. The van der Waals surface area contributed by atoms with Gasteiger partial charge in [-0.25, -0.2) is 0 Å². The van der Waals surface area contributed by atoms with E-state index in [1.807, 2.05) is 0 Å². The molecule has 4 atom stereocenters. The summed E-state index contributed by atoms with van der Waals surface area (Å²) < 4.78 is 0. The second-order valence-electron chi connectivity index (χ2n) is 7.41. The van der Waals surface area contributed by atoms with Crippen molar-refractivity contribution < 1.29 is 14.7 Å². The Bertz CT molecular complexity index is 449. The van der Waals surface area contributed by atoms with Gasteiger partial charge in [-0.15, -0.1) is 0 Å². The summed E-state index contributed by atoms with van der Waals surface area (Å²) in [5, 5.41) is 12.8. The van der Waals surface area contributed by atoms with Crippen molar-refractivity contribution >= 4 is 11.9 Å². The maximum atomic E-state index is 11.8. The molecule has 4 bridgehead atoms. The standard InChI is InChI=1S/C15H23NO3/c1-3-13-4-11-5-14(7-13,12(18)19)9-15(6-11,8-13)16-10(2)17/h11H,3-9H2,1-2H3,(H,16,17)(H,18,19)/t11-,13+,14-,15-/m1/s1. The second-order valence-corrected chi connectivity index (χ2v) is 7.41. The zero-order valence-corrected chi connectivity index (χ0v) is 11.8. The topological polar surface area (TPSA) is 66.4 Å². The van der Waals surface area contributed by atoms with Gasteiger partial charge in [-0.1, -0.05) is 13.3 Å². The van der Waals surface area contributed by atoms with Gasteiger partial charge in [0.1, 0.15) is 0 Å². The van der Waals surface area contributed by atoms with E-state index in [-0.39, 0.29) is 16.9 Å². The second kappa shape index (κ2) is 3.74. The van der Waals surface area contributed by atoms with Gasteiger partial charge in [-0.05, 0) is 49.9 Å². The fraction of sp³-hybridized carbons (Fsp3) is 0.867. The van der Waals surface area contributed by atoms with Gasteiger partial charge in [-0.3, -0.25) is 9.59 Å². The van der Waals surface area contributed by atoms with Crippen LogP contribution in [-0.4, -0.2) is 22.5 Å². The fourth-order valence-electron chi connectivity index (χ4n) is 5.78. The summed E-state index contributed by atoms with van der Waals surface area (Å²) in [6, 6.07) is 0. The SMILES string of the molecule is CC[C@@]12C[C@H]3C[C@@](NC(C)=O)(C1)C[C@@](C(=O)O)(C3)C2. The summed E-state index contributed by atoms with van der Waals surface area (Å²) >= 11 is 0. The van der Waals surface area contributed by atoms with Crippen LogP contribution < -0.4 is 5.32 Å². The molecule has 0 aromatic rings. The van der Waals surface area contributed by atoms with Gasteiger partial charge in [0.25, 0.3) is 0 Å². The molecule has 4 aliphatic rings. The van der Waals surface area contributed by atoms with E-state index in [4.69, 9.17) is 0 Å². The monoisotopic (exact) mass is 265 g/mol. The zero-order valence-electron chi connectivity index (χ0n) is 11.8. The Hall–Kier alpha value is -1.06. The number of carboxylic acids is 1. The molecule has 4 nitrogen and oxygen atoms in total. The number of carbonyl (C=O) groups excluding carboxylic acids is 1. The third kappa shape index (κ3) is 1.79. The van der Waals surface area contributed by atoms with Gasteiger partial charge < -0.3 is 10.4 Å². The Morgan fingerprint density at radius 1 is 1.21 bits per heavy atom. The number of hydrogen-bond acceptors (Lipinski definition) is 2. The summed E-state index contributed by atoms with van der Waals surface area (Å²) in [5.74, 6) is -0.197. The molecule has 2 N–H and O–H groups in total. The molecular formula is C15H23NO3. The van der Waals surface area contributed by atoms with E-state index in [1.165, 1.54) is 0 Å². The predicted octanol–water partition coefficient (Wildman–Crippen LogP) is 2.33. The van der Waals surface area contributed by atoms with E-state index < -0.39 is 11.4 Å². The maximum Gasteiger partial charge on any atom is 0.309 e. The molecule has 4 rings (SSSR count). The molecule has 106 valence electrons. The summed E-state index contributed by atoms with van der Waals surface area (Å²) in [6.07, 6.45) is 6.38. The molecule has 0 radical (unpaired) electrons. The smallest absolute Gasteiger partial charge is 0.309 e. The van der Waals surface area contributed by atoms with Gasteiger partial charge in [0.05, 0.1) is 5.41 Å². The first-order chi connectivity index (χ1) is 8.83. The number of carboxylic acid groups (broad SMARTS) is 1. The highest BCUT2D eigenvalue weighted by molar-refractivity contribution is 5.77. The maximum absolute atomic E-state index is 11.8. The van der Waals surface area contributed by atoms with Gasteiger partial charge in [0, 0.05) is 12.5 Å². The summed E-state index contributed by atoms with van der Waals surface area (Å²) in [6.45, 7) is 3.72. The minimum atomic E-state index is -0.649. The molecule has 0 heterocycles. The number of rotatable bonds is 3. The van der Waals surface area contributed by atoms with Crippen LogP contribution >= 0.6 is 0 Å². The molecule has 0 aliphatic heterocycles. The van der Waals surface area contributed by atoms with Gasteiger partial charge >= 0.3 is 5.97 Å².